The molecular formula is C28H32N2O6. The molecule has 2 aromatic carbocycles. The molecule has 2 heterocycles. The van der Waals surface area contributed by atoms with Crippen LogP contribution >= 0.6 is 0 Å². The smallest absolute Gasteiger partial charge is 0.416 e. The second-order valence-corrected chi connectivity index (χ2v) is 9.92. The Kier molecular flexibility index (Phi) is 6.87. The fourth-order valence-electron chi connectivity index (χ4n) is 5.64. The van der Waals surface area contributed by atoms with Gasteiger partial charge in [-0.05, 0) is 61.4 Å². The van der Waals surface area contributed by atoms with Crippen molar-refractivity contribution in [1.82, 2.24) is 9.88 Å². The molecule has 1 aliphatic heterocycles. The van der Waals surface area contributed by atoms with Crippen LogP contribution in [0.3, 0.4) is 0 Å². The summed E-state index contributed by atoms with van der Waals surface area (Å²) < 4.78 is 12.2. The average Bonchev–Trinajstić information content (AvgIpc) is 3.49. The minimum absolute atomic E-state index is 0.0590. The van der Waals surface area contributed by atoms with Crippen LogP contribution in [0.5, 0.6) is 11.5 Å². The van der Waals surface area contributed by atoms with Crippen molar-refractivity contribution >= 4 is 22.9 Å². The molecule has 190 valence electrons. The van der Waals surface area contributed by atoms with Gasteiger partial charge in [0.15, 0.2) is 11.5 Å². The summed E-state index contributed by atoms with van der Waals surface area (Å²) >= 11 is 0. The minimum atomic E-state index is -1.05. The Morgan fingerprint density at radius 3 is 2.61 bits per heavy atom. The van der Waals surface area contributed by atoms with E-state index in [9.17, 15) is 19.8 Å². The van der Waals surface area contributed by atoms with Gasteiger partial charge < -0.3 is 25.0 Å². The number of benzene rings is 2. The highest BCUT2D eigenvalue weighted by Gasteiger charge is 2.36. The molecule has 36 heavy (non-hydrogen) atoms. The van der Waals surface area contributed by atoms with E-state index in [1.807, 2.05) is 25.1 Å². The summed E-state index contributed by atoms with van der Waals surface area (Å²) in [5.41, 5.74) is 2.15. The van der Waals surface area contributed by atoms with Crippen molar-refractivity contribution < 1.29 is 29.3 Å². The summed E-state index contributed by atoms with van der Waals surface area (Å²) in [6, 6.07) is 12.5. The number of nitrogens with zero attached hydrogens (tertiary/aromatic N) is 1. The minimum Gasteiger partial charge on any atom is -0.464 e. The number of nitrogens with one attached hydrogen (secondary N) is 1. The van der Waals surface area contributed by atoms with Crippen LogP contribution in [0.15, 0.2) is 48.7 Å². The first-order chi connectivity index (χ1) is 17.4. The lowest BCUT2D eigenvalue weighted by Crippen LogP contribution is -2.43. The number of fused-ring (bicyclic) bond motifs is 2. The molecule has 0 saturated heterocycles. The average molecular weight is 493 g/mol. The van der Waals surface area contributed by atoms with Crippen LogP contribution in [0.2, 0.25) is 0 Å². The van der Waals surface area contributed by atoms with Crippen LogP contribution in [0, 0.1) is 5.92 Å². The number of carbonyl (C=O) groups excluding carboxylic acids is 1. The number of amides is 1. The van der Waals surface area contributed by atoms with Crippen molar-refractivity contribution in [2.24, 2.45) is 5.92 Å². The number of aliphatic hydroxyl groups excluding tert-OH is 1. The second-order valence-electron chi connectivity index (χ2n) is 9.92. The zero-order valence-corrected chi connectivity index (χ0v) is 20.4. The topological polar surface area (TPSA) is 110 Å². The molecule has 1 aliphatic carbocycles. The van der Waals surface area contributed by atoms with Crippen LogP contribution in [-0.4, -0.2) is 45.7 Å². The quantitative estimate of drug-likeness (QED) is 0.442. The lowest BCUT2D eigenvalue weighted by Gasteiger charge is -2.32. The molecule has 0 bridgehead atoms. The van der Waals surface area contributed by atoms with Gasteiger partial charge in [-0.3, -0.25) is 9.36 Å². The fraction of sp³-hybridized carbons (Fsp3) is 0.429. The standard InChI is InChI=1S/C28H32N2O6/c1-17(13-20-15-30(28(33)34)22-10-6-5-9-21(20)22)29-27(32)25(26(31)18-7-3-2-4-8-18)19-11-12-23-24(14-19)36-16-35-23/h5-6,9-12,14-15,17-18,25-26,31H,2-4,7-8,13,16H2,1H3,(H,29,32)(H,33,34)/t17-,25-,26-/m1/s1. The predicted molar refractivity (Wildman–Crippen MR) is 135 cm³/mol. The maximum Gasteiger partial charge on any atom is 0.416 e. The summed E-state index contributed by atoms with van der Waals surface area (Å²) in [6.07, 6.45) is 5.29. The lowest BCUT2D eigenvalue weighted by molar-refractivity contribution is -0.127. The zero-order chi connectivity index (χ0) is 25.2. The number of carboxylic acid groups (broad SMARTS) is 1. The highest BCUT2D eigenvalue weighted by Crippen LogP contribution is 2.39. The first-order valence-electron chi connectivity index (χ1n) is 12.6. The number of rotatable bonds is 7. The molecule has 1 amide bonds. The molecule has 5 rings (SSSR count). The highest BCUT2D eigenvalue weighted by atomic mass is 16.7. The SMILES string of the molecule is C[C@H](Cc1cn(C(=O)O)c2ccccc12)NC(=O)[C@H](c1ccc2c(c1)OCO2)[C@H](O)C1CCCCC1. The molecule has 0 unspecified atom stereocenters. The van der Waals surface area contributed by atoms with E-state index in [-0.39, 0.29) is 24.7 Å². The summed E-state index contributed by atoms with van der Waals surface area (Å²) in [4.78, 5) is 25.4. The van der Waals surface area contributed by atoms with E-state index in [2.05, 4.69) is 5.32 Å². The van der Waals surface area contributed by atoms with E-state index in [0.717, 1.165) is 43.1 Å². The third-order valence-corrected chi connectivity index (χ3v) is 7.43. The first-order valence-corrected chi connectivity index (χ1v) is 12.6. The van der Waals surface area contributed by atoms with E-state index in [0.29, 0.717) is 29.0 Å². The van der Waals surface area contributed by atoms with E-state index < -0.39 is 18.1 Å². The van der Waals surface area contributed by atoms with E-state index in [1.54, 1.807) is 30.5 Å². The van der Waals surface area contributed by atoms with Gasteiger partial charge in [-0.2, -0.15) is 0 Å². The van der Waals surface area contributed by atoms with Gasteiger partial charge in [0.2, 0.25) is 12.7 Å². The molecule has 1 fully saturated rings. The van der Waals surface area contributed by atoms with Crippen LogP contribution in [0.4, 0.5) is 4.79 Å². The third kappa shape index (κ3) is 4.78. The molecule has 3 atom stereocenters. The number of aromatic nitrogens is 1. The molecule has 3 aromatic rings. The maximum absolute atomic E-state index is 13.7. The van der Waals surface area contributed by atoms with Gasteiger partial charge in [0, 0.05) is 17.6 Å². The Balaban J connectivity index is 1.38. The van der Waals surface area contributed by atoms with Gasteiger partial charge in [-0.1, -0.05) is 43.5 Å². The van der Waals surface area contributed by atoms with Crippen molar-refractivity contribution in [3.05, 3.63) is 59.8 Å². The maximum atomic E-state index is 13.7. The summed E-state index contributed by atoms with van der Waals surface area (Å²) in [7, 11) is 0. The van der Waals surface area contributed by atoms with Gasteiger partial charge >= 0.3 is 6.09 Å². The van der Waals surface area contributed by atoms with Gasteiger partial charge in [-0.15, -0.1) is 0 Å². The van der Waals surface area contributed by atoms with Crippen molar-refractivity contribution in [3.63, 3.8) is 0 Å². The molecule has 8 nitrogen and oxygen atoms in total. The second kappa shape index (κ2) is 10.2. The fourth-order valence-corrected chi connectivity index (χ4v) is 5.64. The normalized spacial score (nSPS) is 18.1. The Hall–Kier alpha value is -3.52. The number of hydrogen-bond acceptors (Lipinski definition) is 5. The van der Waals surface area contributed by atoms with E-state index in [1.165, 1.54) is 4.57 Å². The van der Waals surface area contributed by atoms with Crippen molar-refractivity contribution in [1.29, 1.82) is 0 Å². The Morgan fingerprint density at radius 1 is 1.08 bits per heavy atom. The Labute approximate surface area is 209 Å². The lowest BCUT2D eigenvalue weighted by atomic mass is 9.77. The molecule has 3 N–H and O–H groups in total. The summed E-state index contributed by atoms with van der Waals surface area (Å²) in [5.74, 6) is 0.277. The highest BCUT2D eigenvalue weighted by molar-refractivity contribution is 5.91. The van der Waals surface area contributed by atoms with Crippen molar-refractivity contribution in [2.45, 2.75) is 63.5 Å². The largest absolute Gasteiger partial charge is 0.464 e. The number of carbonyl (C=O) groups is 2. The Morgan fingerprint density at radius 2 is 1.83 bits per heavy atom. The molecular weight excluding hydrogens is 460 g/mol. The van der Waals surface area contributed by atoms with Crippen molar-refractivity contribution in [3.8, 4) is 11.5 Å². The van der Waals surface area contributed by atoms with Crippen LogP contribution in [0.25, 0.3) is 10.9 Å². The van der Waals surface area contributed by atoms with Crippen LogP contribution in [0.1, 0.15) is 56.1 Å². The van der Waals surface area contributed by atoms with Crippen LogP contribution in [-0.2, 0) is 11.2 Å². The van der Waals surface area contributed by atoms with Gasteiger partial charge in [0.05, 0.1) is 17.5 Å². The van der Waals surface area contributed by atoms with Gasteiger partial charge in [0.1, 0.15) is 0 Å². The van der Waals surface area contributed by atoms with Crippen LogP contribution < -0.4 is 14.8 Å². The molecule has 0 spiro atoms. The number of aliphatic hydroxyl groups is 1. The van der Waals surface area contributed by atoms with Gasteiger partial charge in [0.25, 0.3) is 0 Å². The Bertz CT molecular complexity index is 1260. The summed E-state index contributed by atoms with van der Waals surface area (Å²) in [5, 5.41) is 24.9. The number of para-hydroxylation sites is 1. The molecule has 0 radical (unpaired) electrons. The number of ether oxygens (including phenoxy) is 2. The van der Waals surface area contributed by atoms with Gasteiger partial charge in [-0.25, -0.2) is 4.79 Å². The van der Waals surface area contributed by atoms with Crippen molar-refractivity contribution in [2.75, 3.05) is 6.79 Å². The monoisotopic (exact) mass is 492 g/mol. The molecule has 8 heteroatoms. The summed E-state index contributed by atoms with van der Waals surface area (Å²) in [6.45, 7) is 2.04. The van der Waals surface area contributed by atoms with E-state index >= 15 is 0 Å². The number of hydrogen-bond donors (Lipinski definition) is 3. The molecule has 1 aromatic heterocycles. The molecule has 1 saturated carbocycles. The molecule has 2 aliphatic rings. The predicted octanol–water partition coefficient (Wildman–Crippen LogP) is 4.67. The first kappa shape index (κ1) is 24.2. The zero-order valence-electron chi connectivity index (χ0n) is 20.4. The third-order valence-electron chi connectivity index (χ3n) is 7.43. The van der Waals surface area contributed by atoms with E-state index in [4.69, 9.17) is 9.47 Å².